The second-order valence-electron chi connectivity index (χ2n) is 7.55. The summed E-state index contributed by atoms with van der Waals surface area (Å²) in [7, 11) is -3.21. The fourth-order valence-electron chi connectivity index (χ4n) is 3.19. The minimum Gasteiger partial charge on any atom is -0.497 e. The minimum absolute atomic E-state index is 0.0173. The quantitative estimate of drug-likeness (QED) is 0.241. The summed E-state index contributed by atoms with van der Waals surface area (Å²) < 4.78 is 26.5. The molecular weight excluding hydrogens is 511 g/mol. The first-order valence-corrected chi connectivity index (χ1v) is 12.8. The van der Waals surface area contributed by atoms with E-state index in [1.165, 1.54) is 18.2 Å². The van der Waals surface area contributed by atoms with Crippen molar-refractivity contribution >= 4 is 47.9 Å². The number of hydrogen-bond donors (Lipinski definition) is 3. The molecule has 0 aliphatic rings. The number of nitrogen functional groups attached to an aromatic ring is 1. The van der Waals surface area contributed by atoms with Gasteiger partial charge in [-0.2, -0.15) is 0 Å². The Balaban J connectivity index is 1.89. The Morgan fingerprint density at radius 1 is 1.33 bits per heavy atom. The molecular formula is C22H25N4O8PS. The number of aryl methyl sites for hydroxylation is 1. The van der Waals surface area contributed by atoms with Gasteiger partial charge < -0.3 is 29.6 Å². The van der Waals surface area contributed by atoms with Crippen LogP contribution in [-0.2, 0) is 20.4 Å². The molecule has 0 aliphatic carbocycles. The highest BCUT2D eigenvalue weighted by Gasteiger charge is 2.22. The van der Waals surface area contributed by atoms with Gasteiger partial charge in [-0.15, -0.1) is 0 Å². The lowest BCUT2D eigenvalue weighted by Gasteiger charge is -2.22. The first-order chi connectivity index (χ1) is 17.0. The van der Waals surface area contributed by atoms with Gasteiger partial charge in [0, 0.05) is 34.2 Å². The molecule has 192 valence electrons. The molecule has 4 N–H and O–H groups in total. The Bertz CT molecular complexity index is 1350. The highest BCUT2D eigenvalue weighted by Crippen LogP contribution is 2.38. The van der Waals surface area contributed by atoms with Crippen LogP contribution in [0.2, 0.25) is 0 Å². The molecule has 0 saturated carbocycles. The number of carbonyl (C=O) groups excluding carboxylic acids is 2. The predicted octanol–water partition coefficient (Wildman–Crippen LogP) is 3.38. The van der Waals surface area contributed by atoms with Gasteiger partial charge in [0.25, 0.3) is 5.12 Å². The summed E-state index contributed by atoms with van der Waals surface area (Å²) in [6, 6.07) is 6.66. The standard InChI is InChI=1S/C22H25N4O8PS/c1-13(26(12-27)11-16-10-24-14(2)25-21(16)23)20(6-7-33-35(29,30)31)36-22(28)19-9-15-8-17(32-3)4-5-18(15)34-19/h4-5,8-10,12H,6-7,11H2,1-3H3,(H2,23,24,25)(H2,29,30,31)/b20-13-. The van der Waals surface area contributed by atoms with Crippen LogP contribution >= 0.6 is 19.6 Å². The number of phosphoric ester groups is 1. The van der Waals surface area contributed by atoms with Crippen LogP contribution in [0.3, 0.4) is 0 Å². The van der Waals surface area contributed by atoms with E-state index in [1.54, 1.807) is 38.1 Å². The van der Waals surface area contributed by atoms with Gasteiger partial charge in [0.1, 0.15) is 23.0 Å². The number of nitrogens with two attached hydrogens (primary N) is 1. The molecule has 0 saturated heterocycles. The molecule has 0 atom stereocenters. The van der Waals surface area contributed by atoms with Crippen LogP contribution < -0.4 is 10.5 Å². The molecule has 2 aromatic heterocycles. The van der Waals surface area contributed by atoms with E-state index in [2.05, 4.69) is 14.5 Å². The SMILES string of the molecule is COc1ccc2oc(C(=O)S/C(CCOP(=O)(O)O)=C(/C)N(C=O)Cc3cnc(C)nc3N)cc2c1. The largest absolute Gasteiger partial charge is 0.497 e. The third-order valence-corrected chi connectivity index (χ3v) is 6.70. The summed E-state index contributed by atoms with van der Waals surface area (Å²) in [5.74, 6) is 1.33. The van der Waals surface area contributed by atoms with Crippen molar-refractivity contribution in [2.24, 2.45) is 0 Å². The van der Waals surface area contributed by atoms with Gasteiger partial charge in [0.05, 0.1) is 20.3 Å². The van der Waals surface area contributed by atoms with Crippen molar-refractivity contribution in [3.8, 4) is 5.75 Å². The maximum atomic E-state index is 13.1. The lowest BCUT2D eigenvalue weighted by molar-refractivity contribution is -0.116. The second-order valence-corrected chi connectivity index (χ2v) is 9.85. The van der Waals surface area contributed by atoms with E-state index in [4.69, 9.17) is 24.7 Å². The zero-order chi connectivity index (χ0) is 26.5. The van der Waals surface area contributed by atoms with Crippen molar-refractivity contribution in [1.29, 1.82) is 0 Å². The second kappa shape index (κ2) is 11.7. The summed E-state index contributed by atoms with van der Waals surface area (Å²) >= 11 is 0.762. The monoisotopic (exact) mass is 536 g/mol. The van der Waals surface area contributed by atoms with E-state index >= 15 is 0 Å². The Labute approximate surface area is 210 Å². The number of furan rings is 1. The number of anilines is 1. The lowest BCUT2D eigenvalue weighted by Crippen LogP contribution is -2.22. The maximum Gasteiger partial charge on any atom is 0.469 e. The number of hydrogen-bond acceptors (Lipinski definition) is 10. The van der Waals surface area contributed by atoms with E-state index in [1.807, 2.05) is 0 Å². The van der Waals surface area contributed by atoms with Crippen molar-refractivity contribution in [1.82, 2.24) is 14.9 Å². The number of amides is 1. The van der Waals surface area contributed by atoms with Crippen LogP contribution in [0.4, 0.5) is 5.82 Å². The van der Waals surface area contributed by atoms with Gasteiger partial charge in [-0.25, -0.2) is 14.5 Å². The summed E-state index contributed by atoms with van der Waals surface area (Å²) in [4.78, 5) is 52.9. The van der Waals surface area contributed by atoms with Gasteiger partial charge in [-0.1, -0.05) is 0 Å². The molecule has 1 aromatic carbocycles. The summed E-state index contributed by atoms with van der Waals surface area (Å²) in [5, 5.41) is 0.189. The van der Waals surface area contributed by atoms with Gasteiger partial charge in [-0.05, 0) is 49.9 Å². The van der Waals surface area contributed by atoms with Crippen molar-refractivity contribution in [3.05, 3.63) is 58.2 Å². The molecule has 0 aliphatic heterocycles. The smallest absolute Gasteiger partial charge is 0.469 e. The molecule has 36 heavy (non-hydrogen) atoms. The number of ether oxygens (including phenoxy) is 1. The molecule has 0 radical (unpaired) electrons. The fraction of sp³-hybridized carbons (Fsp3) is 0.273. The van der Waals surface area contributed by atoms with Crippen molar-refractivity contribution in [2.75, 3.05) is 19.5 Å². The minimum atomic E-state index is -4.73. The number of fused-ring (bicyclic) bond motifs is 1. The van der Waals surface area contributed by atoms with Crippen molar-refractivity contribution in [2.45, 2.75) is 26.8 Å². The molecule has 0 unspecified atom stereocenters. The molecule has 3 rings (SSSR count). The highest BCUT2D eigenvalue weighted by molar-refractivity contribution is 8.17. The Morgan fingerprint density at radius 2 is 2.08 bits per heavy atom. The Kier molecular flexibility index (Phi) is 8.88. The molecule has 0 spiro atoms. The normalized spacial score (nSPS) is 12.4. The van der Waals surface area contributed by atoms with Crippen molar-refractivity contribution < 1.29 is 37.6 Å². The average molecular weight is 537 g/mol. The van der Waals surface area contributed by atoms with E-state index in [0.29, 0.717) is 45.1 Å². The average Bonchev–Trinajstić information content (AvgIpc) is 3.25. The maximum absolute atomic E-state index is 13.1. The van der Waals surface area contributed by atoms with E-state index in [-0.39, 0.29) is 24.5 Å². The number of thioether (sulfide) groups is 1. The first-order valence-electron chi connectivity index (χ1n) is 10.5. The summed E-state index contributed by atoms with van der Waals surface area (Å²) in [6.45, 7) is 2.90. The van der Waals surface area contributed by atoms with Crippen LogP contribution in [0, 0.1) is 6.92 Å². The van der Waals surface area contributed by atoms with E-state index in [0.717, 1.165) is 11.8 Å². The van der Waals surface area contributed by atoms with E-state index < -0.39 is 19.5 Å². The van der Waals surface area contributed by atoms with Crippen LogP contribution in [0.5, 0.6) is 5.75 Å². The number of benzene rings is 1. The number of allylic oxidation sites excluding steroid dienone is 1. The van der Waals surface area contributed by atoms with Crippen LogP contribution in [0.25, 0.3) is 11.0 Å². The molecule has 0 fully saturated rings. The molecule has 12 nitrogen and oxygen atoms in total. The van der Waals surface area contributed by atoms with Gasteiger partial charge in [0.15, 0.2) is 5.76 Å². The summed E-state index contributed by atoms with van der Waals surface area (Å²) in [5.41, 5.74) is 7.27. The zero-order valence-corrected chi connectivity index (χ0v) is 21.4. The zero-order valence-electron chi connectivity index (χ0n) is 19.7. The third-order valence-electron chi connectivity index (χ3n) is 5.05. The summed E-state index contributed by atoms with van der Waals surface area (Å²) in [6.07, 6.45) is 1.99. The highest BCUT2D eigenvalue weighted by atomic mass is 32.2. The van der Waals surface area contributed by atoms with Gasteiger partial charge in [-0.3, -0.25) is 14.1 Å². The van der Waals surface area contributed by atoms with Crippen LogP contribution in [-0.4, -0.2) is 49.9 Å². The number of methoxy groups -OCH3 is 1. The molecule has 3 aromatic rings. The molecule has 2 heterocycles. The van der Waals surface area contributed by atoms with Crippen LogP contribution in [0.1, 0.15) is 35.3 Å². The third kappa shape index (κ3) is 7.15. The van der Waals surface area contributed by atoms with Gasteiger partial charge in [0.2, 0.25) is 6.41 Å². The number of aromatic nitrogens is 2. The van der Waals surface area contributed by atoms with Crippen molar-refractivity contribution in [3.63, 3.8) is 0 Å². The Hall–Kier alpha value is -3.22. The molecule has 14 heteroatoms. The number of phosphoric acid groups is 1. The Morgan fingerprint density at radius 3 is 2.72 bits per heavy atom. The predicted molar refractivity (Wildman–Crippen MR) is 133 cm³/mol. The first kappa shape index (κ1) is 27.4. The van der Waals surface area contributed by atoms with Gasteiger partial charge >= 0.3 is 7.82 Å². The molecule has 1 amide bonds. The number of nitrogens with zero attached hydrogens (tertiary/aromatic N) is 3. The van der Waals surface area contributed by atoms with Crippen LogP contribution in [0.15, 0.2) is 45.5 Å². The number of carbonyl (C=O) groups is 2. The van der Waals surface area contributed by atoms with E-state index in [9.17, 15) is 14.2 Å². The topological polar surface area (TPSA) is 178 Å². The molecule has 0 bridgehead atoms. The number of rotatable bonds is 11. The lowest BCUT2D eigenvalue weighted by atomic mass is 10.2. The fourth-order valence-corrected chi connectivity index (χ4v) is 4.39.